The first-order valence-electron chi connectivity index (χ1n) is 22.5. The SMILES string of the molecule is CC(C)(C)OC(=O)N1CC(ONC(=O)[C@@H]2CC[C@@H]3CN2C(=O)N3O)CN1C(=O)OC(C)(C)C.CC(C)(C)OC(=O)N1CC(ONC(=O)[C@@H]2CC[C@@H]3CN2C(=O)N3OS(=O)(=O)O)CN1C(=O)OC(C)(C)C. The minimum atomic E-state index is -4.92. The van der Waals surface area contributed by atoms with Gasteiger partial charge in [0.25, 0.3) is 11.8 Å². The number of fused-ring (bicyclic) bond motifs is 4. The Morgan fingerprint density at radius 1 is 0.514 bits per heavy atom. The van der Waals surface area contributed by atoms with Gasteiger partial charge in [0.05, 0.1) is 38.3 Å². The van der Waals surface area contributed by atoms with Gasteiger partial charge in [0.1, 0.15) is 46.7 Å². The Kier molecular flexibility index (Phi) is 16.2. The summed E-state index contributed by atoms with van der Waals surface area (Å²) in [6, 6.07) is -4.26. The number of hydroxylamine groups is 6. The summed E-state index contributed by atoms with van der Waals surface area (Å²) in [4.78, 5) is 114. The molecule has 4 bridgehead atoms. The average Bonchev–Trinajstić information content (AvgIpc) is 3.95. The molecule has 0 aromatic carbocycles. The zero-order valence-corrected chi connectivity index (χ0v) is 42.2. The normalized spacial score (nSPS) is 23.3. The molecule has 29 nitrogen and oxygen atoms in total. The Morgan fingerprint density at radius 2 is 0.829 bits per heavy atom. The number of nitrogens with one attached hydrogen (secondary N) is 2. The molecular formula is C40H66N10O19S. The first-order chi connectivity index (χ1) is 32.0. The van der Waals surface area contributed by atoms with Crippen LogP contribution in [0.1, 0.15) is 109 Å². The maximum absolute atomic E-state index is 12.8. The molecule has 10 amide bonds. The van der Waals surface area contributed by atoms with Crippen molar-refractivity contribution >= 4 is 58.6 Å². The number of carbonyl (C=O) groups is 8. The van der Waals surface area contributed by atoms with Gasteiger partial charge < -0.3 is 28.7 Å². The van der Waals surface area contributed by atoms with Crippen LogP contribution in [0.3, 0.4) is 0 Å². The van der Waals surface area contributed by atoms with Crippen LogP contribution in [-0.4, -0.2) is 204 Å². The Hall–Kier alpha value is -5.69. The average molecular weight is 1020 g/mol. The highest BCUT2D eigenvalue weighted by Gasteiger charge is 2.51. The van der Waals surface area contributed by atoms with E-state index in [9.17, 15) is 52.0 Å². The maximum Gasteiger partial charge on any atom is 0.429 e. The molecule has 0 spiro atoms. The van der Waals surface area contributed by atoms with Crippen LogP contribution in [0.5, 0.6) is 0 Å². The maximum atomic E-state index is 12.8. The monoisotopic (exact) mass is 1020 g/mol. The summed E-state index contributed by atoms with van der Waals surface area (Å²) in [5.74, 6) is -1.24. The van der Waals surface area contributed by atoms with Crippen LogP contribution in [0.2, 0.25) is 0 Å². The van der Waals surface area contributed by atoms with Gasteiger partial charge in [-0.1, -0.05) is 0 Å². The van der Waals surface area contributed by atoms with Crippen LogP contribution >= 0.6 is 0 Å². The zero-order chi connectivity index (χ0) is 52.6. The fourth-order valence-electron chi connectivity index (χ4n) is 7.83. The standard InChI is InChI=1S/C20H33N5O11S.C20H33N5O8/c1-19(2,3)33-17(28)23-10-13(11-24(23)18(29)34-20(4,5)6)35-21-15(26)14-8-7-12-9-22(14)16(27)25(12)36-37(30,31)32;1-19(2,3)31-17(28)23-10-13(11-24(23)18(29)32-20(4,5)6)33-21-15(26)14-8-7-12-9-22(14)16(27)25(12)30/h12-14H,7-11H2,1-6H3,(H,21,26)(H,30,31,32);12-14,30H,7-11H2,1-6H3,(H,21,26)/t2*12-,14+/m11/s1. The molecule has 396 valence electrons. The highest BCUT2D eigenvalue weighted by molar-refractivity contribution is 7.80. The van der Waals surface area contributed by atoms with E-state index >= 15 is 0 Å². The van der Waals surface area contributed by atoms with Gasteiger partial charge in [-0.05, 0) is 109 Å². The number of rotatable bonds is 8. The van der Waals surface area contributed by atoms with E-state index in [2.05, 4.69) is 15.2 Å². The molecule has 4 atom stereocenters. The number of amides is 10. The van der Waals surface area contributed by atoms with Crippen LogP contribution in [0.15, 0.2) is 0 Å². The lowest BCUT2D eigenvalue weighted by atomic mass is 10.0. The topological polar surface area (TPSA) is 326 Å². The van der Waals surface area contributed by atoms with Crippen molar-refractivity contribution in [2.24, 2.45) is 0 Å². The Bertz CT molecular complexity index is 2070. The minimum Gasteiger partial charge on any atom is -0.442 e. The van der Waals surface area contributed by atoms with Crippen LogP contribution in [-0.2, 0) is 52.9 Å². The molecule has 0 aromatic rings. The first-order valence-corrected chi connectivity index (χ1v) is 23.9. The second-order valence-corrected chi connectivity index (χ2v) is 22.2. The summed E-state index contributed by atoms with van der Waals surface area (Å²) in [5, 5.41) is 15.2. The van der Waals surface area contributed by atoms with Gasteiger partial charge in [-0.25, -0.2) is 64.8 Å². The molecule has 6 rings (SSSR count). The molecule has 0 aromatic heterocycles. The van der Waals surface area contributed by atoms with Crippen LogP contribution in [0.4, 0.5) is 28.8 Å². The van der Waals surface area contributed by atoms with Gasteiger partial charge in [-0.3, -0.25) is 29.0 Å². The van der Waals surface area contributed by atoms with Crippen molar-refractivity contribution in [3.05, 3.63) is 0 Å². The zero-order valence-electron chi connectivity index (χ0n) is 41.4. The van der Waals surface area contributed by atoms with Gasteiger partial charge >= 0.3 is 46.8 Å². The predicted octanol–water partition coefficient (Wildman–Crippen LogP) is 2.27. The Balaban J connectivity index is 0.000000262. The van der Waals surface area contributed by atoms with E-state index in [0.29, 0.717) is 23.0 Å². The van der Waals surface area contributed by atoms with E-state index in [1.54, 1.807) is 83.1 Å². The third-order valence-electron chi connectivity index (χ3n) is 10.6. The summed E-state index contributed by atoms with van der Waals surface area (Å²) in [5.41, 5.74) is 1.35. The van der Waals surface area contributed by atoms with Crippen molar-refractivity contribution in [2.45, 2.75) is 168 Å². The molecule has 6 heterocycles. The lowest BCUT2D eigenvalue weighted by Gasteiger charge is -2.31. The number of urea groups is 2. The molecule has 6 aliphatic rings. The lowest BCUT2D eigenvalue weighted by Crippen LogP contribution is -2.50. The fraction of sp³-hybridized carbons (Fsp3) is 0.800. The third kappa shape index (κ3) is 14.5. The van der Waals surface area contributed by atoms with Crippen molar-refractivity contribution in [3.63, 3.8) is 0 Å². The lowest BCUT2D eigenvalue weighted by molar-refractivity contribution is -0.143. The van der Waals surface area contributed by atoms with Crippen molar-refractivity contribution in [2.75, 3.05) is 39.3 Å². The van der Waals surface area contributed by atoms with E-state index in [1.165, 1.54) is 4.90 Å². The molecule has 4 N–H and O–H groups in total. The number of hydrogen-bond acceptors (Lipinski definition) is 18. The fourth-order valence-corrected chi connectivity index (χ4v) is 8.22. The van der Waals surface area contributed by atoms with Gasteiger partial charge in [0, 0.05) is 13.1 Å². The largest absolute Gasteiger partial charge is 0.442 e. The molecule has 6 saturated heterocycles. The second-order valence-electron chi connectivity index (χ2n) is 21.2. The number of carbonyl (C=O) groups excluding carboxylic acids is 8. The van der Waals surface area contributed by atoms with Crippen LogP contribution in [0.25, 0.3) is 0 Å². The Labute approximate surface area is 405 Å². The molecular weight excluding hydrogens is 957 g/mol. The van der Waals surface area contributed by atoms with Gasteiger partial charge in [0.2, 0.25) is 0 Å². The van der Waals surface area contributed by atoms with Crippen molar-refractivity contribution in [1.82, 2.24) is 50.9 Å². The molecule has 0 aliphatic carbocycles. The summed E-state index contributed by atoms with van der Waals surface area (Å²) in [6.07, 6.45) is -3.46. The van der Waals surface area contributed by atoms with Gasteiger partial charge in [-0.15, -0.1) is 4.28 Å². The summed E-state index contributed by atoms with van der Waals surface area (Å²) >= 11 is 0. The Morgan fingerprint density at radius 3 is 1.16 bits per heavy atom. The summed E-state index contributed by atoms with van der Waals surface area (Å²) < 4.78 is 56.8. The van der Waals surface area contributed by atoms with Crippen molar-refractivity contribution < 1.29 is 89.4 Å². The molecule has 30 heteroatoms. The number of hydrogen-bond donors (Lipinski definition) is 4. The predicted molar refractivity (Wildman–Crippen MR) is 234 cm³/mol. The quantitative estimate of drug-likeness (QED) is 0.117. The van der Waals surface area contributed by atoms with E-state index in [1.807, 2.05) is 0 Å². The summed E-state index contributed by atoms with van der Waals surface area (Å²) in [7, 11) is -4.92. The third-order valence-corrected chi connectivity index (χ3v) is 11.0. The molecule has 70 heavy (non-hydrogen) atoms. The van der Waals surface area contributed by atoms with Crippen molar-refractivity contribution in [3.8, 4) is 0 Å². The number of nitrogens with zero attached hydrogens (tertiary/aromatic N) is 8. The highest BCUT2D eigenvalue weighted by Crippen LogP contribution is 2.32. The molecule has 0 radical (unpaired) electrons. The number of hydrazine groups is 2. The smallest absolute Gasteiger partial charge is 0.429 e. The van der Waals surface area contributed by atoms with Crippen LogP contribution < -0.4 is 11.0 Å². The molecule has 0 unspecified atom stereocenters. The van der Waals surface area contributed by atoms with Crippen LogP contribution in [0, 0.1) is 0 Å². The summed E-state index contributed by atoms with van der Waals surface area (Å²) in [6.45, 7) is 20.1. The van der Waals surface area contributed by atoms with E-state index < -0.39 is 111 Å². The molecule has 0 saturated carbocycles. The first kappa shape index (κ1) is 55.2. The second kappa shape index (κ2) is 20.6. The highest BCUT2D eigenvalue weighted by atomic mass is 32.3. The molecule has 6 fully saturated rings. The van der Waals surface area contributed by atoms with Gasteiger partial charge in [0.15, 0.2) is 0 Å². The molecule has 6 aliphatic heterocycles. The number of piperidine rings is 2. The van der Waals surface area contributed by atoms with Gasteiger partial charge in [-0.2, -0.15) is 13.5 Å². The minimum absolute atomic E-state index is 0.00864. The van der Waals surface area contributed by atoms with Crippen molar-refractivity contribution in [1.29, 1.82) is 0 Å². The van der Waals surface area contributed by atoms with E-state index in [-0.39, 0.29) is 58.2 Å². The van der Waals surface area contributed by atoms with E-state index in [0.717, 1.165) is 24.9 Å². The van der Waals surface area contributed by atoms with E-state index in [4.69, 9.17) is 33.2 Å². The number of ether oxygens (including phenoxy) is 4.